The van der Waals surface area contributed by atoms with Gasteiger partial charge in [0.15, 0.2) is 0 Å². The third-order valence-electron chi connectivity index (χ3n) is 3.66. The zero-order valence-corrected chi connectivity index (χ0v) is 14.2. The molecule has 0 bridgehead atoms. The van der Waals surface area contributed by atoms with Crippen molar-refractivity contribution in [2.75, 3.05) is 0 Å². The summed E-state index contributed by atoms with van der Waals surface area (Å²) in [5.74, 6) is -0.380. The van der Waals surface area contributed by atoms with Gasteiger partial charge in [0.2, 0.25) is 0 Å². The smallest absolute Gasteiger partial charge is 0.262 e. The van der Waals surface area contributed by atoms with Crippen molar-refractivity contribution >= 4 is 12.0 Å². The largest absolute Gasteiger partial charge is 0.347 e. The van der Waals surface area contributed by atoms with E-state index in [2.05, 4.69) is 31.1 Å². The average molecular weight is 319 g/mol. The number of nitriles is 1. The molecule has 1 heterocycles. The quantitative estimate of drug-likeness (QED) is 0.691. The van der Waals surface area contributed by atoms with Crippen LogP contribution >= 0.6 is 0 Å². The SMILES string of the molecule is CC(C)(C)c1ccc(/C=C(\C#N)C(=O)NCc2ccncc2)cc1. The molecule has 4 nitrogen and oxygen atoms in total. The lowest BCUT2D eigenvalue weighted by atomic mass is 9.86. The van der Waals surface area contributed by atoms with Crippen molar-refractivity contribution < 1.29 is 4.79 Å². The van der Waals surface area contributed by atoms with E-state index in [-0.39, 0.29) is 16.9 Å². The second kappa shape index (κ2) is 7.56. The van der Waals surface area contributed by atoms with Crippen LogP contribution in [0.25, 0.3) is 6.08 Å². The predicted molar refractivity (Wildman–Crippen MR) is 94.8 cm³/mol. The Labute approximate surface area is 142 Å². The second-order valence-corrected chi connectivity index (χ2v) is 6.58. The number of aromatic nitrogens is 1. The lowest BCUT2D eigenvalue weighted by Gasteiger charge is -2.18. The predicted octanol–water partition coefficient (Wildman–Crippen LogP) is 3.60. The molecule has 2 rings (SSSR count). The molecule has 2 aromatic rings. The van der Waals surface area contributed by atoms with Gasteiger partial charge in [0.05, 0.1) is 0 Å². The number of hydrogen-bond donors (Lipinski definition) is 1. The monoisotopic (exact) mass is 319 g/mol. The Morgan fingerprint density at radius 1 is 1.17 bits per heavy atom. The Bertz CT molecular complexity index is 763. The molecule has 1 N–H and O–H groups in total. The third-order valence-corrected chi connectivity index (χ3v) is 3.66. The van der Waals surface area contributed by atoms with Crippen molar-refractivity contribution in [3.05, 3.63) is 71.1 Å². The second-order valence-electron chi connectivity index (χ2n) is 6.58. The van der Waals surface area contributed by atoms with Gasteiger partial charge in [-0.1, -0.05) is 45.0 Å². The van der Waals surface area contributed by atoms with Gasteiger partial charge in [-0.15, -0.1) is 0 Å². The van der Waals surface area contributed by atoms with Gasteiger partial charge < -0.3 is 5.32 Å². The maximum atomic E-state index is 12.2. The first kappa shape index (κ1) is 17.4. The zero-order chi connectivity index (χ0) is 17.6. The van der Waals surface area contributed by atoms with Crippen LogP contribution in [-0.4, -0.2) is 10.9 Å². The van der Waals surface area contributed by atoms with Gasteiger partial charge in [-0.2, -0.15) is 5.26 Å². The summed E-state index contributed by atoms with van der Waals surface area (Å²) in [6.45, 7) is 6.80. The highest BCUT2D eigenvalue weighted by Gasteiger charge is 2.13. The highest BCUT2D eigenvalue weighted by Crippen LogP contribution is 2.22. The van der Waals surface area contributed by atoms with E-state index >= 15 is 0 Å². The lowest BCUT2D eigenvalue weighted by Crippen LogP contribution is -2.23. The number of benzene rings is 1. The molecule has 0 spiro atoms. The van der Waals surface area contributed by atoms with E-state index in [1.807, 2.05) is 42.5 Å². The first-order valence-corrected chi connectivity index (χ1v) is 7.79. The van der Waals surface area contributed by atoms with Crippen LogP contribution in [-0.2, 0) is 16.8 Å². The molecule has 24 heavy (non-hydrogen) atoms. The van der Waals surface area contributed by atoms with Gasteiger partial charge in [0, 0.05) is 18.9 Å². The van der Waals surface area contributed by atoms with Gasteiger partial charge >= 0.3 is 0 Å². The van der Waals surface area contributed by atoms with Crippen LogP contribution in [0.5, 0.6) is 0 Å². The molecule has 1 aromatic heterocycles. The normalized spacial score (nSPS) is 11.7. The summed E-state index contributed by atoms with van der Waals surface area (Å²) < 4.78 is 0. The summed E-state index contributed by atoms with van der Waals surface area (Å²) in [6.07, 6.45) is 4.94. The maximum Gasteiger partial charge on any atom is 0.262 e. The standard InChI is InChI=1S/C20H21N3O/c1-20(2,3)18-6-4-15(5-7-18)12-17(13-21)19(24)23-14-16-8-10-22-11-9-16/h4-12H,14H2,1-3H3,(H,23,24)/b17-12+. The summed E-state index contributed by atoms with van der Waals surface area (Å²) in [4.78, 5) is 16.1. The maximum absolute atomic E-state index is 12.2. The zero-order valence-electron chi connectivity index (χ0n) is 14.2. The van der Waals surface area contributed by atoms with Crippen molar-refractivity contribution in [3.8, 4) is 6.07 Å². The topological polar surface area (TPSA) is 65.8 Å². The lowest BCUT2D eigenvalue weighted by molar-refractivity contribution is -0.117. The number of rotatable bonds is 4. The fraction of sp³-hybridized carbons (Fsp3) is 0.250. The fourth-order valence-electron chi connectivity index (χ4n) is 2.17. The number of nitrogens with one attached hydrogen (secondary N) is 1. The Hall–Kier alpha value is -2.93. The summed E-state index contributed by atoms with van der Waals surface area (Å²) in [5, 5.41) is 12.0. The first-order valence-electron chi connectivity index (χ1n) is 7.79. The molecular weight excluding hydrogens is 298 g/mol. The van der Waals surface area contributed by atoms with Crippen LogP contribution < -0.4 is 5.32 Å². The summed E-state index contributed by atoms with van der Waals surface area (Å²) >= 11 is 0. The number of carbonyl (C=O) groups is 1. The Morgan fingerprint density at radius 2 is 1.79 bits per heavy atom. The van der Waals surface area contributed by atoms with E-state index in [0.717, 1.165) is 11.1 Å². The van der Waals surface area contributed by atoms with Crippen LogP contribution in [0.3, 0.4) is 0 Å². The van der Waals surface area contributed by atoms with Crippen LogP contribution in [0.4, 0.5) is 0 Å². The van der Waals surface area contributed by atoms with E-state index < -0.39 is 0 Å². The summed E-state index contributed by atoms with van der Waals surface area (Å²) in [5.41, 5.74) is 3.14. The number of amides is 1. The van der Waals surface area contributed by atoms with Crippen LogP contribution in [0.15, 0.2) is 54.4 Å². The molecular formula is C20H21N3O. The number of nitrogens with zero attached hydrogens (tertiary/aromatic N) is 2. The molecule has 0 aliphatic carbocycles. The number of hydrogen-bond acceptors (Lipinski definition) is 3. The summed E-state index contributed by atoms with van der Waals surface area (Å²) in [7, 11) is 0. The van der Waals surface area contributed by atoms with Gasteiger partial charge in [-0.25, -0.2) is 0 Å². The molecule has 0 unspecified atom stereocenters. The van der Waals surface area contributed by atoms with Gasteiger partial charge in [0.1, 0.15) is 11.6 Å². The molecule has 1 aromatic carbocycles. The van der Waals surface area contributed by atoms with Gasteiger partial charge in [0.25, 0.3) is 5.91 Å². The van der Waals surface area contributed by atoms with Crippen LogP contribution in [0, 0.1) is 11.3 Å². The van der Waals surface area contributed by atoms with E-state index in [0.29, 0.717) is 6.54 Å². The van der Waals surface area contributed by atoms with E-state index in [1.165, 1.54) is 5.56 Å². The van der Waals surface area contributed by atoms with E-state index in [9.17, 15) is 10.1 Å². The highest BCUT2D eigenvalue weighted by molar-refractivity contribution is 6.01. The van der Waals surface area contributed by atoms with E-state index in [4.69, 9.17) is 0 Å². The molecule has 4 heteroatoms. The van der Waals surface area contributed by atoms with Crippen molar-refractivity contribution in [1.29, 1.82) is 5.26 Å². The van der Waals surface area contributed by atoms with E-state index in [1.54, 1.807) is 18.5 Å². The van der Waals surface area contributed by atoms with Gasteiger partial charge in [-0.3, -0.25) is 9.78 Å². The minimum Gasteiger partial charge on any atom is -0.347 e. The minimum absolute atomic E-state index is 0.0716. The summed E-state index contributed by atoms with van der Waals surface area (Å²) in [6, 6.07) is 13.5. The van der Waals surface area contributed by atoms with Crippen molar-refractivity contribution in [2.45, 2.75) is 32.7 Å². The fourth-order valence-corrected chi connectivity index (χ4v) is 2.17. The molecule has 0 saturated carbocycles. The molecule has 0 saturated heterocycles. The molecule has 122 valence electrons. The van der Waals surface area contributed by atoms with Crippen molar-refractivity contribution in [1.82, 2.24) is 10.3 Å². The molecule has 0 fully saturated rings. The molecule has 0 aliphatic heterocycles. The Kier molecular flexibility index (Phi) is 5.49. The first-order chi connectivity index (χ1) is 11.4. The Morgan fingerprint density at radius 3 is 2.33 bits per heavy atom. The molecule has 1 amide bonds. The average Bonchev–Trinajstić information content (AvgIpc) is 2.58. The third kappa shape index (κ3) is 4.79. The molecule has 0 atom stereocenters. The Balaban J connectivity index is 2.08. The van der Waals surface area contributed by atoms with Crippen LogP contribution in [0.2, 0.25) is 0 Å². The number of pyridine rings is 1. The molecule has 0 radical (unpaired) electrons. The van der Waals surface area contributed by atoms with Gasteiger partial charge in [-0.05, 0) is 40.3 Å². The minimum atomic E-state index is -0.380. The van der Waals surface area contributed by atoms with Crippen molar-refractivity contribution in [2.24, 2.45) is 0 Å². The highest BCUT2D eigenvalue weighted by atomic mass is 16.1. The van der Waals surface area contributed by atoms with Crippen LogP contribution in [0.1, 0.15) is 37.5 Å². The van der Waals surface area contributed by atoms with Crippen molar-refractivity contribution in [3.63, 3.8) is 0 Å². The molecule has 0 aliphatic rings. The number of carbonyl (C=O) groups excluding carboxylic acids is 1.